The summed E-state index contributed by atoms with van der Waals surface area (Å²) < 4.78 is 15.1. The van der Waals surface area contributed by atoms with Gasteiger partial charge in [0.05, 0.1) is 0 Å². The van der Waals surface area contributed by atoms with Gasteiger partial charge in [-0.1, -0.05) is 19.2 Å². The Morgan fingerprint density at radius 2 is 1.73 bits per heavy atom. The monoisotopic (exact) mass is 444 g/mol. The van der Waals surface area contributed by atoms with Crippen LogP contribution in [0.3, 0.4) is 0 Å². The normalized spacial score (nSPS) is 21.1. The predicted octanol–water partition coefficient (Wildman–Crippen LogP) is 5.88. The van der Waals surface area contributed by atoms with Gasteiger partial charge in [-0.25, -0.2) is 9.37 Å². The molecule has 2 aliphatic carbocycles. The van der Waals surface area contributed by atoms with Crippen molar-refractivity contribution in [2.45, 2.75) is 50.4 Å². The first-order valence-corrected chi connectivity index (χ1v) is 12.5. The van der Waals surface area contributed by atoms with Gasteiger partial charge in [-0.15, -0.1) is 0 Å². The maximum absolute atomic E-state index is 15.1. The molecule has 0 amide bonds. The van der Waals surface area contributed by atoms with E-state index in [0.717, 1.165) is 68.6 Å². The minimum Gasteiger partial charge on any atom is -0.368 e. The summed E-state index contributed by atoms with van der Waals surface area (Å²) in [5.41, 5.74) is 6.23. The molecule has 1 aromatic carbocycles. The Hall–Kier alpha value is -2.82. The molecule has 4 nitrogen and oxygen atoms in total. The summed E-state index contributed by atoms with van der Waals surface area (Å²) in [6.45, 7) is 12.7. The lowest BCUT2D eigenvalue weighted by Gasteiger charge is -2.38. The van der Waals surface area contributed by atoms with Gasteiger partial charge < -0.3 is 14.7 Å². The molecule has 2 aromatic rings. The van der Waals surface area contributed by atoms with Crippen molar-refractivity contribution in [3.8, 4) is 0 Å². The molecule has 2 saturated heterocycles. The third-order valence-corrected chi connectivity index (χ3v) is 7.75. The van der Waals surface area contributed by atoms with Crippen LogP contribution in [0.25, 0.3) is 5.70 Å². The Bertz CT molecular complexity index is 1090. The Balaban J connectivity index is 1.14. The first-order valence-electron chi connectivity index (χ1n) is 12.5. The molecular weight excluding hydrogens is 411 g/mol. The lowest BCUT2D eigenvalue weighted by molar-refractivity contribution is 0.365. The molecule has 0 spiro atoms. The number of pyridine rings is 1. The minimum absolute atomic E-state index is 0.201. The fourth-order valence-corrected chi connectivity index (χ4v) is 5.40. The first kappa shape index (κ1) is 20.8. The lowest BCUT2D eigenvalue weighted by Crippen LogP contribution is -2.46. The molecule has 0 bridgehead atoms. The fourth-order valence-electron chi connectivity index (χ4n) is 5.40. The molecule has 0 N–H and O–H groups in total. The smallest absolute Gasteiger partial charge is 0.134 e. The predicted molar refractivity (Wildman–Crippen MR) is 133 cm³/mol. The number of allylic oxidation sites excluding steroid dienone is 1. The number of benzene rings is 1. The number of piperazine rings is 1. The van der Waals surface area contributed by atoms with Gasteiger partial charge in [0.2, 0.25) is 0 Å². The molecular formula is C28H33FN4. The summed E-state index contributed by atoms with van der Waals surface area (Å²) >= 11 is 0. The summed E-state index contributed by atoms with van der Waals surface area (Å²) in [4.78, 5) is 11.7. The van der Waals surface area contributed by atoms with E-state index in [1.807, 2.05) is 12.1 Å². The van der Waals surface area contributed by atoms with Crippen molar-refractivity contribution < 1.29 is 4.39 Å². The van der Waals surface area contributed by atoms with Crippen LogP contribution in [0.5, 0.6) is 0 Å². The molecule has 6 rings (SSSR count). The van der Waals surface area contributed by atoms with Crippen molar-refractivity contribution in [3.05, 3.63) is 71.8 Å². The lowest BCUT2D eigenvalue weighted by atomic mass is 10.1. The average Bonchev–Trinajstić information content (AvgIpc) is 3.76. The Morgan fingerprint density at radius 1 is 0.970 bits per heavy atom. The van der Waals surface area contributed by atoms with E-state index in [2.05, 4.69) is 40.1 Å². The molecule has 4 fully saturated rings. The summed E-state index contributed by atoms with van der Waals surface area (Å²) in [6.07, 6.45) is 9.39. The van der Waals surface area contributed by atoms with Gasteiger partial charge in [-0.3, -0.25) is 0 Å². The molecule has 3 heterocycles. The highest BCUT2D eigenvalue weighted by Gasteiger charge is 2.33. The van der Waals surface area contributed by atoms with E-state index >= 15 is 4.39 Å². The highest BCUT2D eigenvalue weighted by molar-refractivity contribution is 5.67. The molecule has 33 heavy (non-hydrogen) atoms. The summed E-state index contributed by atoms with van der Waals surface area (Å²) in [7, 11) is 0. The third kappa shape index (κ3) is 4.03. The second kappa shape index (κ2) is 8.19. The van der Waals surface area contributed by atoms with Crippen LogP contribution in [-0.2, 0) is 0 Å². The zero-order chi connectivity index (χ0) is 22.5. The number of hydrogen-bond donors (Lipinski definition) is 0. The second-order valence-electron chi connectivity index (χ2n) is 10.1. The van der Waals surface area contributed by atoms with Gasteiger partial charge in [0, 0.05) is 61.6 Å². The van der Waals surface area contributed by atoms with E-state index < -0.39 is 0 Å². The van der Waals surface area contributed by atoms with Gasteiger partial charge in [0.25, 0.3) is 0 Å². The number of hydrogen-bond acceptors (Lipinski definition) is 4. The van der Waals surface area contributed by atoms with E-state index in [4.69, 9.17) is 4.98 Å². The topological polar surface area (TPSA) is 22.6 Å². The summed E-state index contributed by atoms with van der Waals surface area (Å²) in [5.74, 6) is 2.41. The van der Waals surface area contributed by atoms with Gasteiger partial charge in [0.1, 0.15) is 11.6 Å². The molecule has 5 heteroatoms. The van der Waals surface area contributed by atoms with Crippen molar-refractivity contribution >= 4 is 17.2 Å². The van der Waals surface area contributed by atoms with E-state index in [1.165, 1.54) is 42.6 Å². The van der Waals surface area contributed by atoms with E-state index in [9.17, 15) is 0 Å². The molecule has 1 aromatic heterocycles. The average molecular weight is 445 g/mol. The van der Waals surface area contributed by atoms with E-state index in [0.29, 0.717) is 11.5 Å². The molecule has 172 valence electrons. The zero-order valence-electron chi connectivity index (χ0n) is 19.4. The number of halogens is 1. The maximum atomic E-state index is 15.1. The van der Waals surface area contributed by atoms with Gasteiger partial charge in [-0.05, 0) is 79.7 Å². The summed E-state index contributed by atoms with van der Waals surface area (Å²) in [5, 5.41) is 0. The van der Waals surface area contributed by atoms with Crippen LogP contribution >= 0.6 is 0 Å². The molecule has 0 atom stereocenters. The molecule has 0 radical (unpaired) electrons. The summed E-state index contributed by atoms with van der Waals surface area (Å²) in [6, 6.07) is 7.97. The van der Waals surface area contributed by atoms with Crippen LogP contribution < -0.4 is 9.80 Å². The van der Waals surface area contributed by atoms with Gasteiger partial charge in [0.15, 0.2) is 0 Å². The Morgan fingerprint density at radius 3 is 2.36 bits per heavy atom. The van der Waals surface area contributed by atoms with Crippen molar-refractivity contribution in [1.29, 1.82) is 0 Å². The highest BCUT2D eigenvalue weighted by atomic mass is 19.1. The number of nitrogens with zero attached hydrogens (tertiary/aromatic N) is 4. The number of rotatable bonds is 6. The van der Waals surface area contributed by atoms with Gasteiger partial charge >= 0.3 is 0 Å². The van der Waals surface area contributed by atoms with Crippen molar-refractivity contribution in [2.24, 2.45) is 0 Å². The van der Waals surface area contributed by atoms with Crippen LogP contribution in [0, 0.1) is 5.82 Å². The molecule has 4 aliphatic rings. The maximum Gasteiger partial charge on any atom is 0.134 e. The van der Waals surface area contributed by atoms with Gasteiger partial charge in [-0.2, -0.15) is 0 Å². The number of aromatic nitrogens is 1. The van der Waals surface area contributed by atoms with E-state index in [1.54, 1.807) is 6.07 Å². The molecule has 0 unspecified atom stereocenters. The highest BCUT2D eigenvalue weighted by Crippen LogP contribution is 2.47. The van der Waals surface area contributed by atoms with Crippen LogP contribution in [0.4, 0.5) is 15.9 Å². The molecule has 2 aliphatic heterocycles. The van der Waals surface area contributed by atoms with Crippen molar-refractivity contribution in [2.75, 3.05) is 42.5 Å². The zero-order valence-corrected chi connectivity index (χ0v) is 19.4. The first-order chi connectivity index (χ1) is 16.1. The van der Waals surface area contributed by atoms with Crippen LogP contribution in [0.15, 0.2) is 49.3 Å². The quantitative estimate of drug-likeness (QED) is 0.555. The fraction of sp³-hybridized carbons (Fsp3) is 0.464. The largest absolute Gasteiger partial charge is 0.368 e. The van der Waals surface area contributed by atoms with Crippen LogP contribution in [0.1, 0.15) is 67.1 Å². The SMILES string of the molecule is C=C(c1ccc(N2CCCC2=C)cc1F)N1CCN(c2ncc(C3CC3)cc2C2CC2)CC1. The van der Waals surface area contributed by atoms with E-state index in [-0.39, 0.29) is 5.82 Å². The minimum atomic E-state index is -0.201. The van der Waals surface area contributed by atoms with Crippen LogP contribution in [0.2, 0.25) is 0 Å². The number of anilines is 2. The van der Waals surface area contributed by atoms with Crippen molar-refractivity contribution in [3.63, 3.8) is 0 Å². The second-order valence-corrected chi connectivity index (χ2v) is 10.1. The third-order valence-electron chi connectivity index (χ3n) is 7.75. The van der Waals surface area contributed by atoms with Crippen molar-refractivity contribution in [1.82, 2.24) is 9.88 Å². The Labute approximate surface area is 196 Å². The van der Waals surface area contributed by atoms with Crippen LogP contribution in [-0.4, -0.2) is 42.6 Å². The Kier molecular flexibility index (Phi) is 5.16. The standard InChI is InChI=1S/C28H33FN4/c1-19-4-3-11-33(19)24-9-10-25(27(29)17-24)20(2)31-12-14-32(15-13-31)28-26(22-7-8-22)16-23(18-30-28)21-5-6-21/h9-10,16-18,21-22H,1-8,11-15H2. The molecule has 2 saturated carbocycles.